The molecule has 0 aromatic rings. The van der Waals surface area contributed by atoms with Crippen LogP contribution in [0.3, 0.4) is 0 Å². The molecule has 6 heterocycles. The molecule has 4 N–H and O–H groups in total. The average Bonchev–Trinajstić information content (AvgIpc) is 1.07. The van der Waals surface area contributed by atoms with E-state index < -0.39 is 0 Å². The van der Waals surface area contributed by atoms with Crippen molar-refractivity contribution in [3.8, 4) is 0 Å². The second-order valence-corrected chi connectivity index (χ2v) is 25.1. The highest BCUT2D eigenvalue weighted by atomic mass is 16.7. The Balaban J connectivity index is 0.000000661. The molecule has 6 fully saturated rings. The van der Waals surface area contributed by atoms with Crippen LogP contribution >= 0.6 is 0 Å². The van der Waals surface area contributed by atoms with Crippen molar-refractivity contribution in [1.29, 1.82) is 0 Å². The zero-order valence-corrected chi connectivity index (χ0v) is 68.4. The Labute approximate surface area is 646 Å². The molecule has 41 heteroatoms. The molecular formula is C69H122N22O19. The number of likely N-dealkylation sites (tertiary alicyclic amines) is 6. The molecule has 0 unspecified atom stereocenters. The lowest BCUT2D eigenvalue weighted by atomic mass is 10.0. The second kappa shape index (κ2) is 57.0. The molecule has 41 nitrogen and oxygen atoms in total. The first-order valence-electron chi connectivity index (χ1n) is 36.0. The van der Waals surface area contributed by atoms with Gasteiger partial charge in [0.2, 0.25) is 6.41 Å². The van der Waals surface area contributed by atoms with Gasteiger partial charge >= 0.3 is 0 Å². The van der Waals surface area contributed by atoms with Crippen molar-refractivity contribution in [1.82, 2.24) is 44.9 Å². The summed E-state index contributed by atoms with van der Waals surface area (Å²) in [6.45, 7) is 18.2. The monoisotopic (exact) mass is 1560 g/mol. The van der Waals surface area contributed by atoms with Crippen LogP contribution in [0, 0.1) is 0 Å². The molecule has 6 aliphatic rings. The van der Waals surface area contributed by atoms with E-state index in [1.807, 2.05) is 7.05 Å². The topological polar surface area (TPSA) is 451 Å². The van der Waals surface area contributed by atoms with Gasteiger partial charge in [-0.15, -0.1) is 0 Å². The van der Waals surface area contributed by atoms with Gasteiger partial charge < -0.3 is 109 Å². The summed E-state index contributed by atoms with van der Waals surface area (Å²) in [6.07, 6.45) is 12.8. The maximum absolute atomic E-state index is 12.4. The van der Waals surface area contributed by atoms with Crippen LogP contribution in [-0.2, 0) is 91.6 Å². The summed E-state index contributed by atoms with van der Waals surface area (Å²) >= 11 is 0. The van der Waals surface area contributed by atoms with Gasteiger partial charge in [0.05, 0.1) is 0 Å². The predicted octanol–water partition coefficient (Wildman–Crippen LogP) is 2.15. The van der Waals surface area contributed by atoms with Gasteiger partial charge in [0.15, 0.2) is 34.3 Å². The minimum absolute atomic E-state index is 0.119. The molecule has 0 spiro atoms. The molecule has 0 atom stereocenters. The van der Waals surface area contributed by atoms with Crippen molar-refractivity contribution < 1.29 is 91.6 Å². The van der Waals surface area contributed by atoms with E-state index in [-0.39, 0.29) is 81.8 Å². The van der Waals surface area contributed by atoms with Crippen molar-refractivity contribution in [3.63, 3.8) is 0 Å². The lowest BCUT2D eigenvalue weighted by molar-refractivity contribution is -0.126. The molecule has 0 aromatic heterocycles. The SMILES string of the molecule is CNC1CCN(C(=O)C(=NOC)C(C)=NOC)CC1.CON=C(C)C(=NOC)C(=O)N1CCC(N(C)C)CC1.CON=C(C)C(=NOC)C(=O)N1CCC(N)CC1.CON=C(C)C(=NOC)C(=O)N1CCC(NC=O)CC1.CON=C(C)C(=NOC)C(=O)N1CCCC1.CON=C(C)C(=NOC)C(=O)N1CCCCC1. The third kappa shape index (κ3) is 35.0. The molecule has 0 saturated carbocycles. The second-order valence-electron chi connectivity index (χ2n) is 25.1. The summed E-state index contributed by atoms with van der Waals surface area (Å²) < 4.78 is 0. The van der Waals surface area contributed by atoms with Gasteiger partial charge in [0.25, 0.3) is 35.4 Å². The number of carbonyl (C=O) groups is 7. The van der Waals surface area contributed by atoms with Crippen LogP contribution in [0.15, 0.2) is 61.9 Å². The number of carbonyl (C=O) groups excluding carboxylic acids is 7. The molecular weight excluding hydrogens is 1440 g/mol. The third-order valence-electron chi connectivity index (χ3n) is 17.4. The van der Waals surface area contributed by atoms with Gasteiger partial charge in [0.1, 0.15) is 120 Å². The van der Waals surface area contributed by atoms with Gasteiger partial charge in [-0.25, -0.2) is 0 Å². The molecule has 110 heavy (non-hydrogen) atoms. The van der Waals surface area contributed by atoms with E-state index in [0.717, 1.165) is 90.4 Å². The zero-order valence-electron chi connectivity index (χ0n) is 68.4. The van der Waals surface area contributed by atoms with Crippen molar-refractivity contribution in [2.75, 3.05) is 185 Å². The first-order chi connectivity index (χ1) is 52.8. The zero-order chi connectivity index (χ0) is 82.5. The number of rotatable bonds is 28. The van der Waals surface area contributed by atoms with Crippen LogP contribution in [-0.4, -0.2) is 354 Å². The third-order valence-corrected chi connectivity index (χ3v) is 17.4. The first kappa shape index (κ1) is 97.8. The van der Waals surface area contributed by atoms with Gasteiger partial charge in [-0.1, -0.05) is 61.9 Å². The van der Waals surface area contributed by atoms with Gasteiger partial charge in [-0.2, -0.15) is 0 Å². The normalized spacial score (nSPS) is 18.1. The fraction of sp³-hybridized carbons (Fsp3) is 0.725. The number of nitrogens with two attached hydrogens (primary N) is 1. The van der Waals surface area contributed by atoms with Crippen molar-refractivity contribution in [3.05, 3.63) is 0 Å². The van der Waals surface area contributed by atoms with Gasteiger partial charge in [-0.05, 0) is 146 Å². The van der Waals surface area contributed by atoms with E-state index in [9.17, 15) is 33.6 Å². The van der Waals surface area contributed by atoms with Crippen LogP contribution in [0.25, 0.3) is 0 Å². The van der Waals surface area contributed by atoms with Gasteiger partial charge in [-0.3, -0.25) is 33.6 Å². The lowest BCUT2D eigenvalue weighted by Crippen LogP contribution is -2.48. The van der Waals surface area contributed by atoms with Crippen LogP contribution in [0.5, 0.6) is 0 Å². The average molecular weight is 1560 g/mol. The summed E-state index contributed by atoms with van der Waals surface area (Å²) in [7, 11) is 23.0. The first-order valence-corrected chi connectivity index (χ1v) is 36.0. The van der Waals surface area contributed by atoms with Crippen molar-refractivity contribution in [2.45, 2.75) is 149 Å². The molecule has 6 saturated heterocycles. The predicted molar refractivity (Wildman–Crippen MR) is 418 cm³/mol. The molecule has 6 rings (SSSR count). The molecule has 6 aliphatic heterocycles. The quantitative estimate of drug-likeness (QED) is 0.0574. The molecule has 0 radical (unpaired) electrons. The number of amides is 7. The Morgan fingerprint density at radius 3 is 0.727 bits per heavy atom. The fourth-order valence-electron chi connectivity index (χ4n) is 11.5. The van der Waals surface area contributed by atoms with E-state index in [1.165, 1.54) is 91.7 Å². The summed E-state index contributed by atoms with van der Waals surface area (Å²) in [5, 5.41) is 50.7. The van der Waals surface area contributed by atoms with Gasteiger partial charge in [0, 0.05) is 103 Å². The van der Waals surface area contributed by atoms with E-state index in [0.29, 0.717) is 118 Å². The highest BCUT2D eigenvalue weighted by Gasteiger charge is 2.33. The highest BCUT2D eigenvalue weighted by Crippen LogP contribution is 2.18. The Bertz CT molecular complexity index is 3190. The summed E-state index contributed by atoms with van der Waals surface area (Å²) in [5.41, 5.74) is 9.27. The standard InChI is InChI=1S/C13H24N4O3.C12H20N4O4.C12H22N4O3.C11H20N4O3.C11H19N3O3.C10H17N3O3/c1-10(14-19-4)12(15-20-5)13(18)17-8-6-11(7-9-17)16(2)3;1-9(14-19-2)11(15-20-3)12(18)16-6-4-10(5-7-16)13-8-17;1-9(14-18-3)11(15-19-4)12(17)16-7-5-10(13-2)6-8-16;1-8(13-17-2)10(14-18-3)11(16)15-6-4-9(12)5-7-15;1-9(12-16-2)10(13-17-3)11(15)14-7-5-4-6-8-14;1-8(11-15-2)9(12-16-3)10(14)13-6-4-5-7-13/h11H,6-9H2,1-5H3;8,10H,4-7H2,1-3H3,(H,13,17);10,13H,5-8H2,1-4H3;9H,4-7,12H2,1-3H3;4-8H2,1-3H3;4-7H2,1-3H3. The number of hydrogen-bond acceptors (Lipinski definition) is 34. The van der Waals surface area contributed by atoms with E-state index in [2.05, 4.69) is 135 Å². The fourth-order valence-corrected chi connectivity index (χ4v) is 11.5. The smallest absolute Gasteiger partial charge is 0.277 e. The number of oxime groups is 12. The Morgan fingerprint density at radius 2 is 0.518 bits per heavy atom. The minimum Gasteiger partial charge on any atom is -0.399 e. The highest BCUT2D eigenvalue weighted by molar-refractivity contribution is 6.69. The summed E-state index contributed by atoms with van der Waals surface area (Å²) in [6, 6.07) is 1.29. The Kier molecular flexibility index (Phi) is 50.7. The minimum atomic E-state index is -0.255. The van der Waals surface area contributed by atoms with Crippen LogP contribution < -0.4 is 16.4 Å². The number of hydrogen-bond donors (Lipinski definition) is 3. The Hall–Kier alpha value is -10.2. The number of nitrogens with one attached hydrogen (secondary N) is 2. The molecule has 622 valence electrons. The molecule has 0 aliphatic carbocycles. The molecule has 7 amide bonds. The van der Waals surface area contributed by atoms with Crippen LogP contribution in [0.2, 0.25) is 0 Å². The van der Waals surface area contributed by atoms with Crippen LogP contribution in [0.4, 0.5) is 0 Å². The van der Waals surface area contributed by atoms with Crippen molar-refractivity contribution in [2.24, 2.45) is 67.6 Å². The van der Waals surface area contributed by atoms with E-state index in [1.54, 1.807) is 70.9 Å². The van der Waals surface area contributed by atoms with E-state index in [4.69, 9.17) is 20.2 Å². The number of nitrogens with zero attached hydrogens (tertiary/aromatic N) is 19. The maximum Gasteiger partial charge on any atom is 0.277 e. The summed E-state index contributed by atoms with van der Waals surface area (Å²) in [5.74, 6) is -1.10. The summed E-state index contributed by atoms with van der Waals surface area (Å²) in [4.78, 5) is 153. The molecule has 0 bridgehead atoms. The lowest BCUT2D eigenvalue weighted by Gasteiger charge is -2.35. The maximum atomic E-state index is 12.4. The number of piperidine rings is 5. The van der Waals surface area contributed by atoms with Crippen molar-refractivity contribution >= 4 is 110 Å². The molecule has 0 aromatic carbocycles. The van der Waals surface area contributed by atoms with Crippen LogP contribution in [0.1, 0.15) is 125 Å². The van der Waals surface area contributed by atoms with E-state index >= 15 is 0 Å². The largest absolute Gasteiger partial charge is 0.399 e. The Morgan fingerprint density at radius 1 is 0.318 bits per heavy atom.